The Hall–Kier alpha value is -1.63. The highest BCUT2D eigenvalue weighted by Gasteiger charge is 2.18. The van der Waals surface area contributed by atoms with E-state index in [1.165, 1.54) is 6.07 Å². The van der Waals surface area contributed by atoms with Crippen LogP contribution in [0.5, 0.6) is 5.75 Å². The quantitative estimate of drug-likeness (QED) is 0.581. The topological polar surface area (TPSA) is 62.7 Å². The molecule has 24 heavy (non-hydrogen) atoms. The molecule has 0 spiro atoms. The van der Waals surface area contributed by atoms with Crippen LogP contribution in [0.4, 0.5) is 4.39 Å². The lowest BCUT2D eigenvalue weighted by molar-refractivity contribution is 0.214. The molecule has 0 aliphatic rings. The summed E-state index contributed by atoms with van der Waals surface area (Å²) in [6.45, 7) is 8.75. The van der Waals surface area contributed by atoms with Crippen LogP contribution in [-0.4, -0.2) is 46.9 Å². The molecule has 2 unspecified atom stereocenters. The molecule has 0 aliphatic carbocycles. The molecule has 5 nitrogen and oxygen atoms in total. The van der Waals surface area contributed by atoms with Crippen LogP contribution < -0.4 is 15.4 Å². The van der Waals surface area contributed by atoms with Crippen LogP contribution >= 0.6 is 0 Å². The van der Waals surface area contributed by atoms with E-state index in [9.17, 15) is 8.60 Å². The van der Waals surface area contributed by atoms with Crippen LogP contribution in [0, 0.1) is 5.82 Å². The molecular weight excluding hydrogens is 329 g/mol. The highest BCUT2D eigenvalue weighted by Crippen LogP contribution is 2.16. The minimum absolute atomic E-state index is 0.221. The lowest BCUT2D eigenvalue weighted by atomic mass is 10.3. The van der Waals surface area contributed by atoms with Gasteiger partial charge in [-0.1, -0.05) is 12.1 Å². The van der Waals surface area contributed by atoms with Gasteiger partial charge >= 0.3 is 0 Å². The summed E-state index contributed by atoms with van der Waals surface area (Å²) in [6.07, 6.45) is -0.232. The maximum absolute atomic E-state index is 13.5. The molecule has 136 valence electrons. The Morgan fingerprint density at radius 1 is 1.33 bits per heavy atom. The molecule has 2 atom stereocenters. The smallest absolute Gasteiger partial charge is 0.191 e. The highest BCUT2D eigenvalue weighted by molar-refractivity contribution is 7.86. The number of para-hydroxylation sites is 1. The monoisotopic (exact) mass is 357 g/mol. The van der Waals surface area contributed by atoms with Crippen molar-refractivity contribution in [2.75, 3.05) is 25.9 Å². The van der Waals surface area contributed by atoms with Gasteiger partial charge in [0, 0.05) is 34.9 Å². The molecule has 2 N–H and O–H groups in total. The minimum atomic E-state index is -0.909. The fourth-order valence-corrected chi connectivity index (χ4v) is 2.73. The number of ether oxygens (including phenoxy) is 1. The molecule has 1 rings (SSSR count). The maximum Gasteiger partial charge on any atom is 0.191 e. The average molecular weight is 357 g/mol. The number of aliphatic imine (C=N–C) groups is 1. The van der Waals surface area contributed by atoms with Crippen LogP contribution in [0.25, 0.3) is 0 Å². The molecule has 0 saturated carbocycles. The van der Waals surface area contributed by atoms with E-state index in [0.29, 0.717) is 24.8 Å². The Morgan fingerprint density at radius 2 is 2.00 bits per heavy atom. The van der Waals surface area contributed by atoms with Crippen molar-refractivity contribution in [1.29, 1.82) is 0 Å². The second kappa shape index (κ2) is 9.61. The number of rotatable bonds is 7. The summed E-state index contributed by atoms with van der Waals surface area (Å²) in [5, 5.41) is 6.23. The predicted octanol–water partition coefficient (Wildman–Crippen LogP) is 2.31. The molecule has 0 amide bonds. The second-order valence-electron chi connectivity index (χ2n) is 6.40. The van der Waals surface area contributed by atoms with Gasteiger partial charge in [-0.2, -0.15) is 0 Å². The van der Waals surface area contributed by atoms with E-state index < -0.39 is 10.8 Å². The van der Waals surface area contributed by atoms with Crippen LogP contribution in [0.1, 0.15) is 27.7 Å². The third-order valence-corrected chi connectivity index (χ3v) is 5.15. The van der Waals surface area contributed by atoms with Gasteiger partial charge in [-0.05, 0) is 39.8 Å². The van der Waals surface area contributed by atoms with Crippen molar-refractivity contribution in [1.82, 2.24) is 10.6 Å². The van der Waals surface area contributed by atoms with E-state index in [2.05, 4.69) is 15.6 Å². The number of nitrogens with one attached hydrogen (secondary N) is 2. The number of benzene rings is 1. The Labute approximate surface area is 146 Å². The van der Waals surface area contributed by atoms with E-state index in [1.54, 1.807) is 25.2 Å². The van der Waals surface area contributed by atoms with Gasteiger partial charge in [-0.3, -0.25) is 9.20 Å². The lowest BCUT2D eigenvalue weighted by Crippen LogP contribution is -2.43. The summed E-state index contributed by atoms with van der Waals surface area (Å²) in [7, 11) is 0.756. The molecule has 1 aromatic rings. The first-order chi connectivity index (χ1) is 11.2. The van der Waals surface area contributed by atoms with Crippen LogP contribution in [-0.2, 0) is 10.8 Å². The predicted molar refractivity (Wildman–Crippen MR) is 98.6 cm³/mol. The van der Waals surface area contributed by atoms with E-state index in [-0.39, 0.29) is 22.4 Å². The van der Waals surface area contributed by atoms with E-state index in [4.69, 9.17) is 4.74 Å². The normalized spacial score (nSPS) is 14.8. The van der Waals surface area contributed by atoms with Gasteiger partial charge in [0.05, 0.1) is 6.54 Å². The molecule has 0 fully saturated rings. The van der Waals surface area contributed by atoms with E-state index >= 15 is 0 Å². The van der Waals surface area contributed by atoms with Crippen LogP contribution in [0.15, 0.2) is 29.3 Å². The Morgan fingerprint density at radius 3 is 2.58 bits per heavy atom. The van der Waals surface area contributed by atoms with Gasteiger partial charge in [0.1, 0.15) is 6.10 Å². The summed E-state index contributed by atoms with van der Waals surface area (Å²) in [4.78, 5) is 4.11. The van der Waals surface area contributed by atoms with E-state index in [0.717, 1.165) is 0 Å². The molecule has 7 heteroatoms. The number of hydrogen-bond donors (Lipinski definition) is 2. The molecule has 0 heterocycles. The Bertz CT molecular complexity index is 573. The van der Waals surface area contributed by atoms with Crippen LogP contribution in [0.3, 0.4) is 0 Å². The zero-order valence-corrected chi connectivity index (χ0v) is 15.9. The molecule has 0 aliphatic heterocycles. The third-order valence-electron chi connectivity index (χ3n) is 3.21. The Balaban J connectivity index is 2.36. The van der Waals surface area contributed by atoms with Crippen molar-refractivity contribution in [3.8, 4) is 5.75 Å². The summed E-state index contributed by atoms with van der Waals surface area (Å²) < 4.78 is 30.9. The summed E-state index contributed by atoms with van der Waals surface area (Å²) in [5.41, 5.74) is 0. The van der Waals surface area contributed by atoms with Gasteiger partial charge in [0.2, 0.25) is 0 Å². The van der Waals surface area contributed by atoms with Crippen molar-refractivity contribution in [3.63, 3.8) is 0 Å². The first kappa shape index (κ1) is 20.4. The summed E-state index contributed by atoms with van der Waals surface area (Å²) >= 11 is 0. The third kappa shape index (κ3) is 7.29. The van der Waals surface area contributed by atoms with Gasteiger partial charge in [-0.15, -0.1) is 0 Å². The first-order valence-electron chi connectivity index (χ1n) is 7.98. The van der Waals surface area contributed by atoms with Gasteiger partial charge in [0.25, 0.3) is 0 Å². The number of halogens is 1. The SMILES string of the molecule is CN=C(NCCS(=O)C(C)(C)C)NCC(C)Oc1ccccc1F. The zero-order chi connectivity index (χ0) is 18.2. The number of hydrogen-bond acceptors (Lipinski definition) is 3. The standard InChI is InChI=1S/C17H28FN3O2S/c1-13(23-15-9-7-6-8-14(15)18)12-21-16(19-5)20-10-11-24(22)17(2,3)4/h6-9,13H,10-12H2,1-5H3,(H2,19,20,21). The first-order valence-corrected chi connectivity index (χ1v) is 9.30. The van der Waals surface area contributed by atoms with Crippen LogP contribution in [0.2, 0.25) is 0 Å². The van der Waals surface area contributed by atoms with Crippen molar-refractivity contribution in [2.24, 2.45) is 4.99 Å². The lowest BCUT2D eigenvalue weighted by Gasteiger charge is -2.20. The van der Waals surface area contributed by atoms with Gasteiger partial charge < -0.3 is 15.4 Å². The number of nitrogens with zero attached hydrogens (tertiary/aromatic N) is 1. The second-order valence-corrected chi connectivity index (χ2v) is 8.72. The summed E-state index contributed by atoms with van der Waals surface area (Å²) in [6, 6.07) is 6.32. The fourth-order valence-electron chi connectivity index (χ4n) is 1.83. The fraction of sp³-hybridized carbons (Fsp3) is 0.588. The van der Waals surface area contributed by atoms with Crippen molar-refractivity contribution in [2.45, 2.75) is 38.5 Å². The maximum atomic E-state index is 13.5. The zero-order valence-electron chi connectivity index (χ0n) is 15.1. The molecule has 0 aromatic heterocycles. The molecule has 1 aromatic carbocycles. The number of guanidine groups is 1. The molecule has 0 bridgehead atoms. The summed E-state index contributed by atoms with van der Waals surface area (Å²) in [5.74, 6) is 1.00. The van der Waals surface area contributed by atoms with Crippen molar-refractivity contribution >= 4 is 16.8 Å². The minimum Gasteiger partial charge on any atom is -0.486 e. The molecule has 0 radical (unpaired) electrons. The largest absolute Gasteiger partial charge is 0.486 e. The van der Waals surface area contributed by atoms with Crippen molar-refractivity contribution < 1.29 is 13.3 Å². The molecular formula is C17H28FN3O2S. The average Bonchev–Trinajstić information content (AvgIpc) is 2.51. The van der Waals surface area contributed by atoms with Gasteiger partial charge in [-0.25, -0.2) is 4.39 Å². The molecule has 0 saturated heterocycles. The van der Waals surface area contributed by atoms with E-state index in [1.807, 2.05) is 27.7 Å². The van der Waals surface area contributed by atoms with Crippen molar-refractivity contribution in [3.05, 3.63) is 30.1 Å². The Kier molecular flexibility index (Phi) is 8.18. The highest BCUT2D eigenvalue weighted by atomic mass is 32.2. The van der Waals surface area contributed by atoms with Gasteiger partial charge in [0.15, 0.2) is 17.5 Å².